The molecule has 2 rings (SSSR count). The molecule has 1 aromatic heterocycles. The summed E-state index contributed by atoms with van der Waals surface area (Å²) < 4.78 is 19.2. The van der Waals surface area contributed by atoms with Crippen LogP contribution in [-0.2, 0) is 13.3 Å². The Bertz CT molecular complexity index is 564. The zero-order valence-corrected chi connectivity index (χ0v) is 28.9. The van der Waals surface area contributed by atoms with Crippen molar-refractivity contribution >= 4 is 125 Å². The highest BCUT2D eigenvalue weighted by Gasteiger charge is 2.43. The predicted octanol–water partition coefficient (Wildman–Crippen LogP) is 6.70. The van der Waals surface area contributed by atoms with E-state index < -0.39 is 8.80 Å². The van der Waals surface area contributed by atoms with Gasteiger partial charge in [0, 0.05) is 24.4 Å². The summed E-state index contributed by atoms with van der Waals surface area (Å²) in [5.74, 6) is 0. The monoisotopic (exact) mass is 621 g/mol. The van der Waals surface area contributed by atoms with Gasteiger partial charge in [-0.1, -0.05) is 25.5 Å². The molecule has 0 aliphatic carbocycles. The SMILES string of the molecule is CCC[Si](OC(C)C)(OC(C)C)OC(C)C.S.S.S.S.S.S.S.c1ccc2scnc2c1. The Kier molecular flexibility index (Phi) is 43.0. The van der Waals surface area contributed by atoms with Crippen LogP contribution < -0.4 is 0 Å². The summed E-state index contributed by atoms with van der Waals surface area (Å²) in [6, 6.07) is 9.02. The Hall–Kier alpha value is 1.66. The summed E-state index contributed by atoms with van der Waals surface area (Å²) in [6.45, 7) is 14.3. The van der Waals surface area contributed by atoms with Gasteiger partial charge in [0.1, 0.15) is 0 Å². The minimum Gasteiger partial charge on any atom is -0.371 e. The molecule has 32 heavy (non-hydrogen) atoms. The van der Waals surface area contributed by atoms with Gasteiger partial charge in [0.25, 0.3) is 0 Å². The second-order valence-electron chi connectivity index (χ2n) is 6.75. The standard InChI is InChI=1S/C12H28O3Si.C7H5NS.7H2S/c1-8-9-16(13-10(2)3,14-11(4)5)15-12(6)7;1-2-4-7-6(3-1)8-5-9-7;;;;;;;/h10-12H,8-9H2,1-7H3;1-5H;7*1H2. The quantitative estimate of drug-likeness (QED) is 0.308. The molecule has 0 fully saturated rings. The van der Waals surface area contributed by atoms with Gasteiger partial charge in [-0.25, -0.2) is 4.98 Å². The Balaban J connectivity index is -0.0000000686. The third kappa shape index (κ3) is 21.0. The van der Waals surface area contributed by atoms with Crippen LogP contribution >= 0.6 is 106 Å². The van der Waals surface area contributed by atoms with E-state index in [0.717, 1.165) is 18.0 Å². The van der Waals surface area contributed by atoms with Crippen LogP contribution in [0.1, 0.15) is 54.9 Å². The summed E-state index contributed by atoms with van der Waals surface area (Å²) in [7, 11) is -2.48. The Morgan fingerprint density at radius 1 is 0.750 bits per heavy atom. The van der Waals surface area contributed by atoms with Gasteiger partial charge in [-0.15, -0.1) is 11.3 Å². The fourth-order valence-corrected chi connectivity index (χ4v) is 6.41. The molecule has 0 saturated heterocycles. The van der Waals surface area contributed by atoms with Crippen LogP contribution in [0.2, 0.25) is 6.04 Å². The van der Waals surface area contributed by atoms with Crippen molar-refractivity contribution in [3.63, 3.8) is 0 Å². The van der Waals surface area contributed by atoms with Crippen LogP contribution in [0.15, 0.2) is 29.8 Å². The van der Waals surface area contributed by atoms with Gasteiger partial charge in [-0.05, 0) is 53.7 Å². The molecule has 0 radical (unpaired) electrons. The molecule has 0 N–H and O–H groups in total. The second kappa shape index (κ2) is 27.2. The fourth-order valence-electron chi connectivity index (χ4n) is 2.45. The molecular formula is C19H47NO3S8Si. The van der Waals surface area contributed by atoms with E-state index in [2.05, 4.69) is 18.0 Å². The van der Waals surface area contributed by atoms with Crippen molar-refractivity contribution in [1.29, 1.82) is 0 Å². The molecule has 4 nitrogen and oxygen atoms in total. The van der Waals surface area contributed by atoms with Crippen LogP contribution in [0.5, 0.6) is 0 Å². The molecule has 13 heteroatoms. The number of para-hydroxylation sites is 1. The minimum atomic E-state index is -2.48. The largest absolute Gasteiger partial charge is 0.501 e. The highest BCUT2D eigenvalue weighted by Crippen LogP contribution is 2.23. The van der Waals surface area contributed by atoms with E-state index in [4.69, 9.17) is 13.3 Å². The van der Waals surface area contributed by atoms with E-state index in [1.807, 2.05) is 65.3 Å². The van der Waals surface area contributed by atoms with E-state index in [0.29, 0.717) is 0 Å². The lowest BCUT2D eigenvalue weighted by Gasteiger charge is -2.34. The van der Waals surface area contributed by atoms with Crippen molar-refractivity contribution < 1.29 is 13.3 Å². The third-order valence-corrected chi connectivity index (χ3v) is 7.45. The first-order valence-corrected chi connectivity index (χ1v) is 11.9. The van der Waals surface area contributed by atoms with E-state index >= 15 is 0 Å². The van der Waals surface area contributed by atoms with Gasteiger partial charge in [0.05, 0.1) is 15.7 Å². The summed E-state index contributed by atoms with van der Waals surface area (Å²) in [4.78, 5) is 4.14. The summed E-state index contributed by atoms with van der Waals surface area (Å²) in [6.07, 6.45) is 1.47. The van der Waals surface area contributed by atoms with Crippen molar-refractivity contribution in [2.45, 2.75) is 79.2 Å². The number of nitrogens with zero attached hydrogens (tertiary/aromatic N) is 1. The van der Waals surface area contributed by atoms with Crippen LogP contribution in [-0.4, -0.2) is 32.1 Å². The van der Waals surface area contributed by atoms with Crippen LogP contribution in [0.3, 0.4) is 0 Å². The van der Waals surface area contributed by atoms with Crippen molar-refractivity contribution in [2.75, 3.05) is 0 Å². The van der Waals surface area contributed by atoms with Crippen molar-refractivity contribution in [3.05, 3.63) is 29.8 Å². The number of hydrogen-bond acceptors (Lipinski definition) is 5. The average molecular weight is 622 g/mol. The second-order valence-corrected chi connectivity index (χ2v) is 10.2. The van der Waals surface area contributed by atoms with Gasteiger partial charge in [0.15, 0.2) is 0 Å². The maximum Gasteiger partial charge on any atom is 0.501 e. The molecule has 0 spiro atoms. The topological polar surface area (TPSA) is 40.6 Å². The first-order valence-electron chi connectivity index (χ1n) is 9.09. The van der Waals surface area contributed by atoms with E-state index in [1.165, 1.54) is 4.70 Å². The zero-order valence-electron chi connectivity index (χ0n) is 20.1. The highest BCUT2D eigenvalue weighted by atomic mass is 32.1. The maximum atomic E-state index is 5.99. The van der Waals surface area contributed by atoms with Gasteiger partial charge in [-0.2, -0.15) is 94.5 Å². The molecule has 0 amide bonds. The van der Waals surface area contributed by atoms with Gasteiger partial charge >= 0.3 is 8.80 Å². The van der Waals surface area contributed by atoms with Crippen molar-refractivity contribution in [3.8, 4) is 0 Å². The van der Waals surface area contributed by atoms with Crippen molar-refractivity contribution in [2.24, 2.45) is 0 Å². The number of benzene rings is 1. The lowest BCUT2D eigenvalue weighted by atomic mass is 10.3. The number of fused-ring (bicyclic) bond motifs is 1. The molecule has 1 aromatic carbocycles. The molecule has 2 aromatic rings. The molecule has 0 aliphatic rings. The minimum absolute atomic E-state index is 0. The van der Waals surface area contributed by atoms with E-state index in [-0.39, 0.29) is 113 Å². The van der Waals surface area contributed by atoms with E-state index in [1.54, 1.807) is 11.3 Å². The Morgan fingerprint density at radius 3 is 1.50 bits per heavy atom. The van der Waals surface area contributed by atoms with Crippen LogP contribution in [0.25, 0.3) is 10.2 Å². The molecule has 198 valence electrons. The number of rotatable bonds is 8. The van der Waals surface area contributed by atoms with Crippen LogP contribution in [0, 0.1) is 0 Å². The average Bonchev–Trinajstić information content (AvgIpc) is 2.93. The molecule has 0 unspecified atom stereocenters. The molecular weight excluding hydrogens is 575 g/mol. The maximum absolute atomic E-state index is 5.99. The highest BCUT2D eigenvalue weighted by molar-refractivity contribution is 7.60. The van der Waals surface area contributed by atoms with Gasteiger partial charge in [-0.3, -0.25) is 0 Å². The number of aromatic nitrogens is 1. The third-order valence-electron chi connectivity index (χ3n) is 3.04. The molecule has 0 aliphatic heterocycles. The van der Waals surface area contributed by atoms with Gasteiger partial charge in [0.2, 0.25) is 0 Å². The lowest BCUT2D eigenvalue weighted by Crippen LogP contribution is -2.50. The van der Waals surface area contributed by atoms with Crippen LogP contribution in [0.4, 0.5) is 0 Å². The summed E-state index contributed by atoms with van der Waals surface area (Å²) in [5.41, 5.74) is 2.97. The van der Waals surface area contributed by atoms with E-state index in [9.17, 15) is 0 Å². The first kappa shape index (κ1) is 50.5. The smallest absolute Gasteiger partial charge is 0.371 e. The Morgan fingerprint density at radius 2 is 1.16 bits per heavy atom. The number of hydrogen-bond donors (Lipinski definition) is 0. The number of thiazole rings is 1. The lowest BCUT2D eigenvalue weighted by molar-refractivity contribution is 0.00314. The normalized spacial score (nSPS) is 9.44. The zero-order chi connectivity index (χ0) is 18.9. The fraction of sp³-hybridized carbons (Fsp3) is 0.632. The first-order chi connectivity index (χ1) is 11.8. The predicted molar refractivity (Wildman–Crippen MR) is 182 cm³/mol. The molecule has 1 heterocycles. The molecule has 0 bridgehead atoms. The van der Waals surface area contributed by atoms with Gasteiger partial charge < -0.3 is 13.3 Å². The van der Waals surface area contributed by atoms with Crippen molar-refractivity contribution in [1.82, 2.24) is 4.98 Å². The summed E-state index contributed by atoms with van der Waals surface area (Å²) >= 11 is 1.68. The molecule has 0 atom stereocenters. The molecule has 0 saturated carbocycles. The Labute approximate surface area is 250 Å². The summed E-state index contributed by atoms with van der Waals surface area (Å²) in [5, 5.41) is 0.